The predicted octanol–water partition coefficient (Wildman–Crippen LogP) is 4.45. The van der Waals surface area contributed by atoms with Crippen molar-refractivity contribution in [2.45, 2.75) is 51.2 Å². The van der Waals surface area contributed by atoms with E-state index in [0.29, 0.717) is 11.7 Å². The molecule has 112 valence electrons. The number of anilines is 2. The summed E-state index contributed by atoms with van der Waals surface area (Å²) in [6.07, 6.45) is 0.925. The van der Waals surface area contributed by atoms with Crippen molar-refractivity contribution < 1.29 is 13.2 Å². The number of alkyl halides is 3. The Morgan fingerprint density at radius 3 is 2.65 bits per heavy atom. The van der Waals surface area contributed by atoms with Gasteiger partial charge in [-0.3, -0.25) is 0 Å². The summed E-state index contributed by atoms with van der Waals surface area (Å²) in [4.78, 5) is 2.11. The molecule has 1 aromatic rings. The van der Waals surface area contributed by atoms with Crippen molar-refractivity contribution in [2.75, 3.05) is 17.2 Å². The highest BCUT2D eigenvalue weighted by Gasteiger charge is 2.34. The molecule has 5 heteroatoms. The van der Waals surface area contributed by atoms with Gasteiger partial charge in [-0.05, 0) is 37.5 Å². The fourth-order valence-electron chi connectivity index (χ4n) is 2.91. The SMILES string of the molecule is CCC1CCCCCN1c1ccc(N)c(C(F)(F)F)c1. The predicted molar refractivity (Wildman–Crippen MR) is 75.7 cm³/mol. The van der Waals surface area contributed by atoms with Crippen LogP contribution in [0.15, 0.2) is 18.2 Å². The summed E-state index contributed by atoms with van der Waals surface area (Å²) in [7, 11) is 0. The van der Waals surface area contributed by atoms with Gasteiger partial charge in [-0.25, -0.2) is 0 Å². The third-order valence-corrected chi connectivity index (χ3v) is 4.02. The first-order chi connectivity index (χ1) is 9.43. The van der Waals surface area contributed by atoms with E-state index in [1.54, 1.807) is 6.07 Å². The highest BCUT2D eigenvalue weighted by atomic mass is 19.4. The Labute approximate surface area is 117 Å². The van der Waals surface area contributed by atoms with Crippen molar-refractivity contribution in [3.63, 3.8) is 0 Å². The van der Waals surface area contributed by atoms with Crippen molar-refractivity contribution in [1.82, 2.24) is 0 Å². The molecule has 0 radical (unpaired) electrons. The second-order valence-corrected chi connectivity index (χ2v) is 5.37. The van der Waals surface area contributed by atoms with E-state index in [4.69, 9.17) is 5.73 Å². The Morgan fingerprint density at radius 2 is 2.00 bits per heavy atom. The lowest BCUT2D eigenvalue weighted by Crippen LogP contribution is -2.34. The molecule has 1 aromatic carbocycles. The molecule has 0 spiro atoms. The van der Waals surface area contributed by atoms with Crippen LogP contribution in [0.3, 0.4) is 0 Å². The molecule has 1 saturated heterocycles. The van der Waals surface area contributed by atoms with Crippen molar-refractivity contribution in [3.8, 4) is 0 Å². The zero-order chi connectivity index (χ0) is 14.8. The van der Waals surface area contributed by atoms with Crippen molar-refractivity contribution in [1.29, 1.82) is 0 Å². The lowest BCUT2D eigenvalue weighted by atomic mass is 10.1. The van der Waals surface area contributed by atoms with Crippen LogP contribution in [0.5, 0.6) is 0 Å². The molecule has 20 heavy (non-hydrogen) atoms. The zero-order valence-corrected chi connectivity index (χ0v) is 11.7. The smallest absolute Gasteiger partial charge is 0.398 e. The number of rotatable bonds is 2. The number of halogens is 3. The lowest BCUT2D eigenvalue weighted by molar-refractivity contribution is -0.136. The first-order valence-electron chi connectivity index (χ1n) is 7.17. The molecule has 0 aromatic heterocycles. The van der Waals surface area contributed by atoms with Gasteiger partial charge in [0.05, 0.1) is 5.56 Å². The van der Waals surface area contributed by atoms with Crippen molar-refractivity contribution in [2.24, 2.45) is 0 Å². The highest BCUT2D eigenvalue weighted by molar-refractivity contribution is 5.60. The maximum absolute atomic E-state index is 13.0. The summed E-state index contributed by atoms with van der Waals surface area (Å²) >= 11 is 0. The normalized spacial score (nSPS) is 20.8. The molecule has 1 heterocycles. The summed E-state index contributed by atoms with van der Waals surface area (Å²) in [5, 5.41) is 0. The maximum Gasteiger partial charge on any atom is 0.418 e. The summed E-state index contributed by atoms with van der Waals surface area (Å²) < 4.78 is 38.9. The van der Waals surface area contributed by atoms with E-state index in [1.165, 1.54) is 12.1 Å². The molecule has 2 N–H and O–H groups in total. The minimum Gasteiger partial charge on any atom is -0.398 e. The molecule has 0 aliphatic carbocycles. The first-order valence-corrected chi connectivity index (χ1v) is 7.17. The Kier molecular flexibility index (Phi) is 4.45. The van der Waals surface area contributed by atoms with Crippen LogP contribution in [0, 0.1) is 0 Å². The molecule has 1 unspecified atom stereocenters. The summed E-state index contributed by atoms with van der Waals surface area (Å²) in [6, 6.07) is 4.60. The van der Waals surface area contributed by atoms with Crippen LogP contribution < -0.4 is 10.6 Å². The van der Waals surface area contributed by atoms with Gasteiger partial charge in [0.1, 0.15) is 0 Å². The van der Waals surface area contributed by atoms with E-state index >= 15 is 0 Å². The number of hydrogen-bond acceptors (Lipinski definition) is 2. The van der Waals surface area contributed by atoms with E-state index in [0.717, 1.165) is 38.6 Å². The van der Waals surface area contributed by atoms with Gasteiger partial charge in [0.2, 0.25) is 0 Å². The average molecular weight is 286 g/mol. The Morgan fingerprint density at radius 1 is 1.25 bits per heavy atom. The number of nitrogen functional groups attached to an aromatic ring is 1. The van der Waals surface area contributed by atoms with E-state index in [-0.39, 0.29) is 5.69 Å². The molecule has 0 amide bonds. The van der Waals surface area contributed by atoms with Crippen LogP contribution >= 0.6 is 0 Å². The van der Waals surface area contributed by atoms with Crippen LogP contribution in [0.1, 0.15) is 44.6 Å². The maximum atomic E-state index is 13.0. The molecule has 0 bridgehead atoms. The number of hydrogen-bond donors (Lipinski definition) is 1. The van der Waals surface area contributed by atoms with Gasteiger partial charge in [-0.1, -0.05) is 19.8 Å². The van der Waals surface area contributed by atoms with E-state index in [1.807, 2.05) is 0 Å². The van der Waals surface area contributed by atoms with Crippen LogP contribution in [0.4, 0.5) is 24.5 Å². The number of benzene rings is 1. The summed E-state index contributed by atoms with van der Waals surface area (Å²) in [5.41, 5.74) is 5.17. The van der Waals surface area contributed by atoms with Gasteiger partial charge < -0.3 is 10.6 Å². The first kappa shape index (κ1) is 15.0. The Balaban J connectivity index is 2.35. The van der Waals surface area contributed by atoms with Crippen LogP contribution in [0.25, 0.3) is 0 Å². The van der Waals surface area contributed by atoms with Gasteiger partial charge in [-0.2, -0.15) is 13.2 Å². The summed E-state index contributed by atoms with van der Waals surface area (Å²) in [5.74, 6) is 0. The van der Waals surface area contributed by atoms with Crippen LogP contribution in [0.2, 0.25) is 0 Å². The standard InChI is InChI=1S/C15H21F3N2/c1-2-11-6-4-3-5-9-20(11)12-7-8-14(19)13(10-12)15(16,17)18/h7-8,10-11H,2-6,9,19H2,1H3. The van der Waals surface area contributed by atoms with Crippen LogP contribution in [-0.2, 0) is 6.18 Å². The monoisotopic (exact) mass is 286 g/mol. The van der Waals surface area contributed by atoms with Gasteiger partial charge in [0, 0.05) is 24.0 Å². The Bertz CT molecular complexity index is 457. The summed E-state index contributed by atoms with van der Waals surface area (Å²) in [6.45, 7) is 2.91. The zero-order valence-electron chi connectivity index (χ0n) is 11.7. The number of nitrogens with two attached hydrogens (primary N) is 1. The van der Waals surface area contributed by atoms with E-state index in [2.05, 4.69) is 11.8 Å². The fourth-order valence-corrected chi connectivity index (χ4v) is 2.91. The van der Waals surface area contributed by atoms with Gasteiger partial charge >= 0.3 is 6.18 Å². The molecule has 0 saturated carbocycles. The number of nitrogens with zero attached hydrogens (tertiary/aromatic N) is 1. The molecule has 1 atom stereocenters. The largest absolute Gasteiger partial charge is 0.418 e. The third kappa shape index (κ3) is 3.19. The quantitative estimate of drug-likeness (QED) is 0.814. The molecule has 1 aliphatic rings. The van der Waals surface area contributed by atoms with E-state index < -0.39 is 11.7 Å². The molecule has 1 aliphatic heterocycles. The van der Waals surface area contributed by atoms with E-state index in [9.17, 15) is 13.2 Å². The average Bonchev–Trinajstić information content (AvgIpc) is 2.63. The van der Waals surface area contributed by atoms with Crippen molar-refractivity contribution >= 4 is 11.4 Å². The Hall–Kier alpha value is -1.39. The molecule has 2 rings (SSSR count). The molecule has 2 nitrogen and oxygen atoms in total. The fraction of sp³-hybridized carbons (Fsp3) is 0.600. The van der Waals surface area contributed by atoms with Crippen LogP contribution in [-0.4, -0.2) is 12.6 Å². The minimum absolute atomic E-state index is 0.205. The highest BCUT2D eigenvalue weighted by Crippen LogP contribution is 2.37. The molecular formula is C15H21F3N2. The second-order valence-electron chi connectivity index (χ2n) is 5.37. The van der Waals surface area contributed by atoms with Gasteiger partial charge in [0.25, 0.3) is 0 Å². The van der Waals surface area contributed by atoms with Gasteiger partial charge in [0.15, 0.2) is 0 Å². The molecular weight excluding hydrogens is 265 g/mol. The topological polar surface area (TPSA) is 29.3 Å². The van der Waals surface area contributed by atoms with Crippen molar-refractivity contribution in [3.05, 3.63) is 23.8 Å². The lowest BCUT2D eigenvalue weighted by Gasteiger charge is -2.32. The third-order valence-electron chi connectivity index (χ3n) is 4.02. The molecule has 1 fully saturated rings. The second kappa shape index (κ2) is 5.94. The van der Waals surface area contributed by atoms with Gasteiger partial charge in [-0.15, -0.1) is 0 Å². The minimum atomic E-state index is -4.40.